The van der Waals surface area contributed by atoms with E-state index in [4.69, 9.17) is 11.6 Å². The maximum absolute atomic E-state index is 6.16. The van der Waals surface area contributed by atoms with Crippen LogP contribution >= 0.6 is 11.6 Å². The van der Waals surface area contributed by atoms with E-state index in [0.717, 1.165) is 24.7 Å². The predicted molar refractivity (Wildman–Crippen MR) is 70.5 cm³/mol. The summed E-state index contributed by atoms with van der Waals surface area (Å²) in [7, 11) is 0. The van der Waals surface area contributed by atoms with Gasteiger partial charge < -0.3 is 10.2 Å². The largest absolute Gasteiger partial charge is 0.368 e. The number of anilines is 1. The van der Waals surface area contributed by atoms with Crippen LogP contribution in [0.5, 0.6) is 0 Å². The highest BCUT2D eigenvalue weighted by atomic mass is 35.5. The number of benzene rings is 1. The lowest BCUT2D eigenvalue weighted by molar-refractivity contribution is 0.446. The van der Waals surface area contributed by atoms with Crippen LogP contribution in [0.1, 0.15) is 18.9 Å². The fourth-order valence-electron chi connectivity index (χ4n) is 2.26. The fourth-order valence-corrected chi connectivity index (χ4v) is 2.43. The summed E-state index contributed by atoms with van der Waals surface area (Å²) in [5, 5.41) is 4.39. The van der Waals surface area contributed by atoms with Gasteiger partial charge in [0, 0.05) is 36.4 Å². The van der Waals surface area contributed by atoms with Gasteiger partial charge in [-0.15, -0.1) is 0 Å². The number of nitrogens with zero attached hydrogens (tertiary/aromatic N) is 1. The summed E-state index contributed by atoms with van der Waals surface area (Å²) in [6.07, 6.45) is 1.18. The molecule has 16 heavy (non-hydrogen) atoms. The number of nitrogens with one attached hydrogen (secondary N) is 1. The summed E-state index contributed by atoms with van der Waals surface area (Å²) in [5.74, 6) is 0. The maximum Gasteiger partial charge on any atom is 0.0455 e. The van der Waals surface area contributed by atoms with E-state index in [2.05, 4.69) is 30.1 Å². The lowest BCUT2D eigenvalue weighted by atomic mass is 10.1. The lowest BCUT2D eigenvalue weighted by Gasteiger charge is -2.35. The van der Waals surface area contributed by atoms with Gasteiger partial charge in [-0.05, 0) is 31.0 Å². The molecule has 1 atom stereocenters. The third kappa shape index (κ3) is 2.33. The Morgan fingerprint density at radius 2 is 2.31 bits per heavy atom. The molecule has 2 rings (SSSR count). The van der Waals surface area contributed by atoms with Gasteiger partial charge in [-0.2, -0.15) is 0 Å². The smallest absolute Gasteiger partial charge is 0.0455 e. The number of rotatable bonds is 2. The molecule has 1 unspecified atom stereocenters. The van der Waals surface area contributed by atoms with Crippen LogP contribution in [-0.2, 0) is 0 Å². The Morgan fingerprint density at radius 3 is 3.06 bits per heavy atom. The van der Waals surface area contributed by atoms with E-state index in [1.165, 1.54) is 17.7 Å². The first-order valence-electron chi connectivity index (χ1n) is 5.95. The standard InChI is InChI=1S/C13H19ClN2/c1-3-11-9-16(8-7-15-11)13-6-4-5-12(14)10(13)2/h4-6,11,15H,3,7-9H2,1-2H3. The van der Waals surface area contributed by atoms with Gasteiger partial charge in [0.25, 0.3) is 0 Å². The zero-order chi connectivity index (χ0) is 11.5. The highest BCUT2D eigenvalue weighted by molar-refractivity contribution is 6.31. The number of piperazine rings is 1. The molecular weight excluding hydrogens is 220 g/mol. The average molecular weight is 239 g/mol. The van der Waals surface area contributed by atoms with Crippen molar-refractivity contribution >= 4 is 17.3 Å². The Balaban J connectivity index is 2.20. The Morgan fingerprint density at radius 1 is 1.50 bits per heavy atom. The molecular formula is C13H19ClN2. The molecule has 1 heterocycles. The Kier molecular flexibility index (Phi) is 3.72. The van der Waals surface area contributed by atoms with E-state index in [1.54, 1.807) is 0 Å². The van der Waals surface area contributed by atoms with Crippen LogP contribution in [-0.4, -0.2) is 25.7 Å². The zero-order valence-corrected chi connectivity index (χ0v) is 10.7. The second-order valence-corrected chi connectivity index (χ2v) is 4.80. The van der Waals surface area contributed by atoms with Crippen LogP contribution in [0.15, 0.2) is 18.2 Å². The first kappa shape index (κ1) is 11.7. The van der Waals surface area contributed by atoms with Gasteiger partial charge in [-0.3, -0.25) is 0 Å². The summed E-state index contributed by atoms with van der Waals surface area (Å²) < 4.78 is 0. The van der Waals surface area contributed by atoms with Gasteiger partial charge in [0.05, 0.1) is 0 Å². The molecule has 0 aliphatic carbocycles. The minimum Gasteiger partial charge on any atom is -0.368 e. The van der Waals surface area contributed by atoms with Crippen molar-refractivity contribution in [1.82, 2.24) is 5.32 Å². The van der Waals surface area contributed by atoms with Crippen molar-refractivity contribution in [1.29, 1.82) is 0 Å². The zero-order valence-electron chi connectivity index (χ0n) is 9.96. The first-order chi connectivity index (χ1) is 7.72. The minimum absolute atomic E-state index is 0.604. The van der Waals surface area contributed by atoms with Crippen LogP contribution < -0.4 is 10.2 Å². The van der Waals surface area contributed by atoms with E-state index in [9.17, 15) is 0 Å². The van der Waals surface area contributed by atoms with Crippen LogP contribution in [0.2, 0.25) is 5.02 Å². The quantitative estimate of drug-likeness (QED) is 0.853. The molecule has 1 saturated heterocycles. The van der Waals surface area contributed by atoms with Gasteiger partial charge in [-0.1, -0.05) is 24.6 Å². The van der Waals surface area contributed by atoms with Crippen molar-refractivity contribution in [3.63, 3.8) is 0 Å². The van der Waals surface area contributed by atoms with Gasteiger partial charge in [0.15, 0.2) is 0 Å². The van der Waals surface area contributed by atoms with Gasteiger partial charge in [0.2, 0.25) is 0 Å². The minimum atomic E-state index is 0.604. The third-order valence-electron chi connectivity index (χ3n) is 3.33. The van der Waals surface area contributed by atoms with Crippen LogP contribution in [0.4, 0.5) is 5.69 Å². The molecule has 2 nitrogen and oxygen atoms in total. The summed E-state index contributed by atoms with van der Waals surface area (Å²) in [4.78, 5) is 2.44. The predicted octanol–water partition coefficient (Wildman–Crippen LogP) is 2.84. The molecule has 0 bridgehead atoms. The summed E-state index contributed by atoms with van der Waals surface area (Å²) in [6, 6.07) is 6.76. The van der Waals surface area contributed by atoms with Crippen molar-refractivity contribution in [2.45, 2.75) is 26.3 Å². The van der Waals surface area contributed by atoms with E-state index in [1.807, 2.05) is 12.1 Å². The molecule has 1 aromatic carbocycles. The monoisotopic (exact) mass is 238 g/mol. The second-order valence-electron chi connectivity index (χ2n) is 4.39. The fraction of sp³-hybridized carbons (Fsp3) is 0.538. The normalized spacial score (nSPS) is 21.2. The van der Waals surface area contributed by atoms with Crippen molar-refractivity contribution in [3.05, 3.63) is 28.8 Å². The molecule has 0 spiro atoms. The SMILES string of the molecule is CCC1CN(c2cccc(Cl)c2C)CCN1. The third-order valence-corrected chi connectivity index (χ3v) is 3.74. The molecule has 0 amide bonds. The molecule has 1 aliphatic rings. The number of halogens is 1. The molecule has 1 fully saturated rings. The summed E-state index contributed by atoms with van der Waals surface area (Å²) in [6.45, 7) is 7.53. The summed E-state index contributed by atoms with van der Waals surface area (Å²) in [5.41, 5.74) is 2.48. The van der Waals surface area contributed by atoms with Gasteiger partial charge in [0.1, 0.15) is 0 Å². The molecule has 0 saturated carbocycles. The summed E-state index contributed by atoms with van der Waals surface area (Å²) >= 11 is 6.16. The lowest BCUT2D eigenvalue weighted by Crippen LogP contribution is -2.50. The van der Waals surface area contributed by atoms with Crippen molar-refractivity contribution in [2.24, 2.45) is 0 Å². The second kappa shape index (κ2) is 5.07. The molecule has 0 aromatic heterocycles. The van der Waals surface area contributed by atoms with Gasteiger partial charge in [-0.25, -0.2) is 0 Å². The molecule has 0 radical (unpaired) electrons. The van der Waals surface area contributed by atoms with E-state index >= 15 is 0 Å². The van der Waals surface area contributed by atoms with Crippen molar-refractivity contribution < 1.29 is 0 Å². The van der Waals surface area contributed by atoms with E-state index < -0.39 is 0 Å². The Hall–Kier alpha value is -0.730. The van der Waals surface area contributed by atoms with E-state index in [-0.39, 0.29) is 0 Å². The molecule has 3 heteroatoms. The Bertz CT molecular complexity index is 365. The Labute approximate surface area is 103 Å². The van der Waals surface area contributed by atoms with Crippen LogP contribution in [0.3, 0.4) is 0 Å². The average Bonchev–Trinajstić information content (AvgIpc) is 2.33. The molecule has 1 aliphatic heterocycles. The van der Waals surface area contributed by atoms with Crippen LogP contribution in [0.25, 0.3) is 0 Å². The maximum atomic E-state index is 6.16. The van der Waals surface area contributed by atoms with Crippen molar-refractivity contribution in [3.8, 4) is 0 Å². The number of hydrogen-bond donors (Lipinski definition) is 1. The molecule has 1 aromatic rings. The van der Waals surface area contributed by atoms with Crippen molar-refractivity contribution in [2.75, 3.05) is 24.5 Å². The highest BCUT2D eigenvalue weighted by Gasteiger charge is 2.19. The van der Waals surface area contributed by atoms with Crippen LogP contribution in [0, 0.1) is 6.92 Å². The molecule has 1 N–H and O–H groups in total. The highest BCUT2D eigenvalue weighted by Crippen LogP contribution is 2.27. The first-order valence-corrected chi connectivity index (χ1v) is 6.33. The topological polar surface area (TPSA) is 15.3 Å². The number of hydrogen-bond acceptors (Lipinski definition) is 2. The van der Waals surface area contributed by atoms with E-state index in [0.29, 0.717) is 6.04 Å². The van der Waals surface area contributed by atoms with Gasteiger partial charge >= 0.3 is 0 Å². The molecule has 88 valence electrons.